The largest absolute Gasteiger partial charge is 0.494 e. The topological polar surface area (TPSA) is 50.4 Å². The highest BCUT2D eigenvalue weighted by atomic mass is 35.5. The van der Waals surface area contributed by atoms with Crippen LogP contribution in [0.2, 0.25) is 5.02 Å². The van der Waals surface area contributed by atoms with Crippen molar-refractivity contribution in [1.29, 1.82) is 0 Å². The Morgan fingerprint density at radius 2 is 2.10 bits per heavy atom. The third-order valence-electron chi connectivity index (χ3n) is 2.29. The summed E-state index contributed by atoms with van der Waals surface area (Å²) in [6, 6.07) is 7.09. The van der Waals surface area contributed by atoms with Crippen molar-refractivity contribution in [2.24, 2.45) is 0 Å². The van der Waals surface area contributed by atoms with Gasteiger partial charge in [-0.15, -0.1) is 6.58 Å². The van der Waals surface area contributed by atoms with E-state index < -0.39 is 0 Å². The summed E-state index contributed by atoms with van der Waals surface area (Å²) in [5.41, 5.74) is 0. The molecule has 108 valence electrons. The molecule has 0 heterocycles. The predicted molar refractivity (Wildman–Crippen MR) is 85.1 cm³/mol. The maximum Gasteiger partial charge on any atom is 0.226 e. The Balaban J connectivity index is 2.14. The van der Waals surface area contributed by atoms with Gasteiger partial charge in [-0.3, -0.25) is 4.79 Å². The molecule has 1 amide bonds. The quantitative estimate of drug-likeness (QED) is 0.462. The first kappa shape index (κ1) is 16.5. The van der Waals surface area contributed by atoms with Crippen molar-refractivity contribution in [3.8, 4) is 5.75 Å². The number of ether oxygens (including phenoxy) is 1. The number of hydrogen-bond acceptors (Lipinski definition) is 3. The van der Waals surface area contributed by atoms with Crippen LogP contribution >= 0.6 is 23.8 Å². The van der Waals surface area contributed by atoms with Gasteiger partial charge in [0.25, 0.3) is 0 Å². The Morgan fingerprint density at radius 1 is 1.40 bits per heavy atom. The summed E-state index contributed by atoms with van der Waals surface area (Å²) in [6.07, 6.45) is 2.63. The van der Waals surface area contributed by atoms with E-state index in [-0.39, 0.29) is 5.91 Å². The molecule has 0 atom stereocenters. The second-order valence-corrected chi connectivity index (χ2v) is 4.80. The van der Waals surface area contributed by atoms with E-state index in [1.54, 1.807) is 30.3 Å². The highest BCUT2D eigenvalue weighted by Gasteiger charge is 2.03. The third kappa shape index (κ3) is 7.11. The zero-order valence-electron chi connectivity index (χ0n) is 11.0. The van der Waals surface area contributed by atoms with Gasteiger partial charge in [0.15, 0.2) is 5.11 Å². The monoisotopic (exact) mass is 312 g/mol. The molecule has 1 aromatic carbocycles. The third-order valence-corrected chi connectivity index (χ3v) is 2.79. The van der Waals surface area contributed by atoms with Crippen molar-refractivity contribution in [1.82, 2.24) is 10.6 Å². The molecule has 1 rings (SSSR count). The zero-order valence-corrected chi connectivity index (χ0v) is 12.6. The second-order valence-electron chi connectivity index (χ2n) is 3.95. The molecule has 0 unspecified atom stereocenters. The maximum absolute atomic E-state index is 11.5. The number of amides is 1. The van der Waals surface area contributed by atoms with Gasteiger partial charge in [0.1, 0.15) is 5.75 Å². The Hall–Kier alpha value is -1.59. The lowest BCUT2D eigenvalue weighted by Crippen LogP contribution is -2.39. The lowest BCUT2D eigenvalue weighted by atomic mass is 10.3. The fourth-order valence-corrected chi connectivity index (χ4v) is 1.67. The van der Waals surface area contributed by atoms with Gasteiger partial charge in [0.2, 0.25) is 5.91 Å². The van der Waals surface area contributed by atoms with Gasteiger partial charge in [-0.2, -0.15) is 0 Å². The molecule has 2 N–H and O–H groups in total. The summed E-state index contributed by atoms with van der Waals surface area (Å²) in [7, 11) is 0. The van der Waals surface area contributed by atoms with Crippen LogP contribution in [0.5, 0.6) is 5.75 Å². The molecule has 0 aromatic heterocycles. The molecule has 0 bridgehead atoms. The fourth-order valence-electron chi connectivity index (χ4n) is 1.35. The number of halogens is 1. The Kier molecular flexibility index (Phi) is 7.69. The Labute approximate surface area is 129 Å². The Bertz CT molecular complexity index is 463. The summed E-state index contributed by atoms with van der Waals surface area (Å²) in [5.74, 6) is 0.601. The molecule has 0 aliphatic carbocycles. The molecule has 0 fully saturated rings. The summed E-state index contributed by atoms with van der Waals surface area (Å²) in [4.78, 5) is 11.5. The summed E-state index contributed by atoms with van der Waals surface area (Å²) < 4.78 is 5.48. The van der Waals surface area contributed by atoms with Gasteiger partial charge in [0.05, 0.1) is 6.61 Å². The van der Waals surface area contributed by atoms with Crippen molar-refractivity contribution < 1.29 is 9.53 Å². The standard InChI is InChI=1S/C14H17ClN2O2S/c1-2-9-16-14(20)17-13(18)4-3-10-19-12-7-5-11(15)6-8-12/h2,5-8H,1,3-4,9-10H2,(H2,16,17,18,20). The lowest BCUT2D eigenvalue weighted by Gasteiger charge is -2.08. The first-order valence-corrected chi connectivity index (χ1v) is 6.97. The average molecular weight is 313 g/mol. The van der Waals surface area contributed by atoms with Gasteiger partial charge >= 0.3 is 0 Å². The lowest BCUT2D eigenvalue weighted by molar-refractivity contribution is -0.119. The van der Waals surface area contributed by atoms with Crippen LogP contribution in [0.25, 0.3) is 0 Å². The Morgan fingerprint density at radius 3 is 2.75 bits per heavy atom. The molecule has 0 aliphatic rings. The van der Waals surface area contributed by atoms with Crippen molar-refractivity contribution in [3.05, 3.63) is 41.9 Å². The van der Waals surface area contributed by atoms with E-state index in [2.05, 4.69) is 17.2 Å². The van der Waals surface area contributed by atoms with Crippen molar-refractivity contribution >= 4 is 34.8 Å². The molecule has 0 spiro atoms. The molecule has 20 heavy (non-hydrogen) atoms. The predicted octanol–water partition coefficient (Wildman–Crippen LogP) is 2.68. The van der Waals surface area contributed by atoms with Crippen LogP contribution in [0.3, 0.4) is 0 Å². The number of carbonyl (C=O) groups is 1. The first-order chi connectivity index (χ1) is 9.61. The van der Waals surface area contributed by atoms with Crippen LogP contribution in [-0.2, 0) is 4.79 Å². The van der Waals surface area contributed by atoms with Crippen LogP contribution in [0.4, 0.5) is 0 Å². The van der Waals surface area contributed by atoms with E-state index in [1.807, 2.05) is 0 Å². The molecule has 0 radical (unpaired) electrons. The SMILES string of the molecule is C=CCNC(=S)NC(=O)CCCOc1ccc(Cl)cc1. The molecule has 0 saturated heterocycles. The van der Waals surface area contributed by atoms with Gasteiger partial charge in [-0.25, -0.2) is 0 Å². The van der Waals surface area contributed by atoms with E-state index in [0.29, 0.717) is 36.1 Å². The highest BCUT2D eigenvalue weighted by Crippen LogP contribution is 2.15. The molecule has 6 heteroatoms. The van der Waals surface area contributed by atoms with Crippen LogP contribution in [0.1, 0.15) is 12.8 Å². The zero-order chi connectivity index (χ0) is 14.8. The maximum atomic E-state index is 11.5. The summed E-state index contributed by atoms with van der Waals surface area (Å²) in [5, 5.41) is 6.38. The second kappa shape index (κ2) is 9.34. The number of hydrogen-bond donors (Lipinski definition) is 2. The fraction of sp³-hybridized carbons (Fsp3) is 0.286. The number of rotatable bonds is 7. The van der Waals surface area contributed by atoms with Crippen LogP contribution < -0.4 is 15.4 Å². The number of carbonyl (C=O) groups excluding carboxylic acids is 1. The van der Waals surface area contributed by atoms with E-state index in [1.165, 1.54) is 0 Å². The van der Waals surface area contributed by atoms with Gasteiger partial charge < -0.3 is 15.4 Å². The average Bonchev–Trinajstić information content (AvgIpc) is 2.43. The van der Waals surface area contributed by atoms with E-state index in [9.17, 15) is 4.79 Å². The van der Waals surface area contributed by atoms with Crippen molar-refractivity contribution in [2.45, 2.75) is 12.8 Å². The number of benzene rings is 1. The van der Waals surface area contributed by atoms with E-state index in [0.717, 1.165) is 5.75 Å². The van der Waals surface area contributed by atoms with Crippen molar-refractivity contribution in [2.75, 3.05) is 13.2 Å². The summed E-state index contributed by atoms with van der Waals surface area (Å²) in [6.45, 7) is 4.53. The first-order valence-electron chi connectivity index (χ1n) is 6.19. The van der Waals surface area contributed by atoms with Crippen LogP contribution in [0.15, 0.2) is 36.9 Å². The summed E-state index contributed by atoms with van der Waals surface area (Å²) >= 11 is 10.7. The van der Waals surface area contributed by atoms with Gasteiger partial charge in [0, 0.05) is 18.0 Å². The van der Waals surface area contributed by atoms with Crippen LogP contribution in [0, 0.1) is 0 Å². The minimum absolute atomic E-state index is 0.133. The highest BCUT2D eigenvalue weighted by molar-refractivity contribution is 7.80. The van der Waals surface area contributed by atoms with E-state index >= 15 is 0 Å². The molecule has 0 aliphatic heterocycles. The van der Waals surface area contributed by atoms with Gasteiger partial charge in [-0.1, -0.05) is 17.7 Å². The normalized spacial score (nSPS) is 9.65. The number of thiocarbonyl (C=S) groups is 1. The molecule has 4 nitrogen and oxygen atoms in total. The molecular weight excluding hydrogens is 296 g/mol. The minimum Gasteiger partial charge on any atom is -0.494 e. The molecule has 1 aromatic rings. The van der Waals surface area contributed by atoms with E-state index in [4.69, 9.17) is 28.6 Å². The van der Waals surface area contributed by atoms with Gasteiger partial charge in [-0.05, 0) is 42.9 Å². The number of nitrogens with one attached hydrogen (secondary N) is 2. The molecule has 0 saturated carbocycles. The van der Waals surface area contributed by atoms with Crippen LogP contribution in [-0.4, -0.2) is 24.2 Å². The smallest absolute Gasteiger partial charge is 0.226 e. The minimum atomic E-state index is -0.133. The molecular formula is C14H17ClN2O2S. The van der Waals surface area contributed by atoms with Crippen molar-refractivity contribution in [3.63, 3.8) is 0 Å².